The van der Waals surface area contributed by atoms with Gasteiger partial charge in [0.1, 0.15) is 17.9 Å². The third-order valence-electron chi connectivity index (χ3n) is 5.19. The van der Waals surface area contributed by atoms with Crippen LogP contribution in [0.15, 0.2) is 36.4 Å². The van der Waals surface area contributed by atoms with Crippen molar-refractivity contribution in [1.82, 2.24) is 5.32 Å². The Labute approximate surface area is 195 Å². The highest BCUT2D eigenvalue weighted by Crippen LogP contribution is 2.40. The summed E-state index contributed by atoms with van der Waals surface area (Å²) in [6.07, 6.45) is -3.49. The van der Waals surface area contributed by atoms with E-state index in [1.54, 1.807) is 6.07 Å². The van der Waals surface area contributed by atoms with Crippen LogP contribution in [-0.4, -0.2) is 32.7 Å². The van der Waals surface area contributed by atoms with E-state index in [2.05, 4.69) is 5.32 Å². The van der Waals surface area contributed by atoms with Gasteiger partial charge in [-0.3, -0.25) is 9.10 Å². The van der Waals surface area contributed by atoms with Gasteiger partial charge in [-0.1, -0.05) is 29.3 Å². The number of alkyl halides is 3. The first-order chi connectivity index (χ1) is 15.1. The van der Waals surface area contributed by atoms with Crippen LogP contribution in [0.3, 0.4) is 0 Å². The number of nitrogens with zero attached hydrogens (tertiary/aromatic N) is 1. The van der Waals surface area contributed by atoms with Gasteiger partial charge in [0.25, 0.3) is 0 Å². The third-order valence-corrected chi connectivity index (χ3v) is 6.63. The molecule has 2 aromatic rings. The number of aryl methyl sites for hydroxylation is 1. The lowest BCUT2D eigenvalue weighted by Gasteiger charge is -2.38. The smallest absolute Gasteiger partial charge is 0.416 e. The topological polar surface area (TPSA) is 75.7 Å². The van der Waals surface area contributed by atoms with E-state index in [0.29, 0.717) is 22.5 Å². The lowest BCUT2D eigenvalue weighted by molar-refractivity contribution is -0.137. The van der Waals surface area contributed by atoms with E-state index >= 15 is 0 Å². The first-order valence-electron chi connectivity index (χ1n) is 10.0. The molecule has 0 aromatic heterocycles. The number of sulfonamides is 1. The van der Waals surface area contributed by atoms with E-state index in [4.69, 9.17) is 16.3 Å². The fourth-order valence-electron chi connectivity index (χ4n) is 3.73. The van der Waals surface area contributed by atoms with Gasteiger partial charge in [-0.2, -0.15) is 13.2 Å². The predicted molar refractivity (Wildman–Crippen MR) is 120 cm³/mol. The zero-order valence-electron chi connectivity index (χ0n) is 18.5. The number of hydrogen-bond donors (Lipinski definition) is 1. The molecule has 0 aliphatic carbocycles. The molecular weight excluding hydrogens is 481 g/mol. The van der Waals surface area contributed by atoms with Crippen molar-refractivity contribution < 1.29 is 31.1 Å². The molecule has 1 heterocycles. The molecule has 0 fully saturated rings. The summed E-state index contributed by atoms with van der Waals surface area (Å²) in [4.78, 5) is 12.9. The molecule has 1 aliphatic rings. The van der Waals surface area contributed by atoms with E-state index in [-0.39, 0.29) is 5.02 Å². The lowest BCUT2D eigenvalue weighted by atomic mass is 9.89. The molecule has 0 bridgehead atoms. The van der Waals surface area contributed by atoms with Crippen LogP contribution in [0.25, 0.3) is 0 Å². The van der Waals surface area contributed by atoms with E-state index in [0.717, 1.165) is 29.5 Å². The number of benzene rings is 2. The minimum absolute atomic E-state index is 0.227. The zero-order valence-corrected chi connectivity index (χ0v) is 20.0. The van der Waals surface area contributed by atoms with Gasteiger partial charge >= 0.3 is 6.18 Å². The second kappa shape index (κ2) is 8.72. The summed E-state index contributed by atoms with van der Waals surface area (Å²) in [6, 6.07) is 7.39. The van der Waals surface area contributed by atoms with E-state index in [1.165, 1.54) is 0 Å². The molecule has 11 heteroatoms. The summed E-state index contributed by atoms with van der Waals surface area (Å²) in [5.41, 5.74) is -0.407. The summed E-state index contributed by atoms with van der Waals surface area (Å²) < 4.78 is 70.9. The SMILES string of the molecule is Cc1ccc2c(c1)C(NC(=O)CN(c1cc(C(F)(F)F)ccc1Cl)S(C)(=O)=O)CC(C)(C)O2. The van der Waals surface area contributed by atoms with Crippen LogP contribution in [0, 0.1) is 6.92 Å². The summed E-state index contributed by atoms with van der Waals surface area (Å²) in [5.74, 6) is -0.0906. The Morgan fingerprint density at radius 1 is 1.24 bits per heavy atom. The number of carbonyl (C=O) groups is 1. The highest BCUT2D eigenvalue weighted by Gasteiger charge is 2.36. The molecule has 2 aromatic carbocycles. The number of halogens is 4. The molecule has 0 spiro atoms. The van der Waals surface area contributed by atoms with Crippen LogP contribution in [0.5, 0.6) is 5.75 Å². The Kier molecular flexibility index (Phi) is 6.65. The van der Waals surface area contributed by atoms with Gasteiger partial charge in [-0.15, -0.1) is 0 Å². The minimum atomic E-state index is -4.71. The number of fused-ring (bicyclic) bond motifs is 1. The normalized spacial score (nSPS) is 17.6. The van der Waals surface area contributed by atoms with Crippen molar-refractivity contribution >= 4 is 33.2 Å². The number of hydrogen-bond acceptors (Lipinski definition) is 4. The Bertz CT molecular complexity index is 1180. The number of carbonyl (C=O) groups excluding carboxylic acids is 1. The Hall–Kier alpha value is -2.46. The zero-order chi connectivity index (χ0) is 24.8. The van der Waals surface area contributed by atoms with E-state index in [1.807, 2.05) is 32.9 Å². The van der Waals surface area contributed by atoms with Gasteiger partial charge in [0.2, 0.25) is 15.9 Å². The monoisotopic (exact) mass is 504 g/mol. The van der Waals surface area contributed by atoms with Gasteiger partial charge < -0.3 is 10.1 Å². The number of nitrogens with one attached hydrogen (secondary N) is 1. The van der Waals surface area contributed by atoms with Gasteiger partial charge in [-0.25, -0.2) is 8.42 Å². The summed E-state index contributed by atoms with van der Waals surface area (Å²) in [7, 11) is -4.13. The molecule has 180 valence electrons. The predicted octanol–water partition coefficient (Wildman–Crippen LogP) is 4.85. The number of anilines is 1. The minimum Gasteiger partial charge on any atom is -0.487 e. The fraction of sp³-hybridized carbons (Fsp3) is 0.409. The molecule has 33 heavy (non-hydrogen) atoms. The molecule has 1 unspecified atom stereocenters. The maximum absolute atomic E-state index is 13.2. The first kappa shape index (κ1) is 25.2. The molecule has 1 N–H and O–H groups in total. The van der Waals surface area contributed by atoms with Crippen molar-refractivity contribution in [3.63, 3.8) is 0 Å². The largest absolute Gasteiger partial charge is 0.487 e. The Morgan fingerprint density at radius 2 is 1.91 bits per heavy atom. The molecular formula is C22H24ClF3N2O4S. The number of rotatable bonds is 5. The molecule has 0 radical (unpaired) electrons. The first-order valence-corrected chi connectivity index (χ1v) is 12.2. The Morgan fingerprint density at radius 3 is 2.52 bits per heavy atom. The van der Waals surface area contributed by atoms with Crippen molar-refractivity contribution in [2.75, 3.05) is 17.1 Å². The van der Waals surface area contributed by atoms with Crippen LogP contribution in [-0.2, 0) is 21.0 Å². The van der Waals surface area contributed by atoms with E-state index in [9.17, 15) is 26.4 Å². The van der Waals surface area contributed by atoms with Crippen molar-refractivity contribution in [1.29, 1.82) is 0 Å². The van der Waals surface area contributed by atoms with Gasteiger partial charge in [0.05, 0.1) is 28.6 Å². The van der Waals surface area contributed by atoms with Crippen LogP contribution in [0.1, 0.15) is 43.0 Å². The fourth-order valence-corrected chi connectivity index (χ4v) is 4.86. The second-order valence-electron chi connectivity index (χ2n) is 8.66. The van der Waals surface area contributed by atoms with Gasteiger partial charge in [0, 0.05) is 12.0 Å². The molecule has 0 saturated carbocycles. The van der Waals surface area contributed by atoms with Gasteiger partial charge in [0.15, 0.2) is 0 Å². The highest BCUT2D eigenvalue weighted by molar-refractivity contribution is 7.92. The molecule has 1 atom stereocenters. The van der Waals surface area contributed by atoms with Crippen molar-refractivity contribution in [2.45, 2.75) is 45.0 Å². The molecule has 0 saturated heterocycles. The lowest BCUT2D eigenvalue weighted by Crippen LogP contribution is -2.45. The van der Waals surface area contributed by atoms with Crippen LogP contribution in [0.2, 0.25) is 5.02 Å². The number of amides is 1. The average Bonchev–Trinajstić information content (AvgIpc) is 2.65. The third kappa shape index (κ3) is 5.92. The summed E-state index contributed by atoms with van der Waals surface area (Å²) in [5, 5.41) is 2.58. The van der Waals surface area contributed by atoms with Crippen molar-refractivity contribution in [3.05, 3.63) is 58.1 Å². The molecule has 6 nitrogen and oxygen atoms in total. The quantitative estimate of drug-likeness (QED) is 0.631. The van der Waals surface area contributed by atoms with Gasteiger partial charge in [-0.05, 0) is 45.0 Å². The summed E-state index contributed by atoms with van der Waals surface area (Å²) >= 11 is 6.02. The van der Waals surface area contributed by atoms with Crippen molar-refractivity contribution in [3.8, 4) is 5.75 Å². The number of ether oxygens (including phenoxy) is 1. The molecule has 1 amide bonds. The maximum Gasteiger partial charge on any atom is 0.416 e. The summed E-state index contributed by atoms with van der Waals surface area (Å²) in [6.45, 7) is 4.87. The van der Waals surface area contributed by atoms with Crippen LogP contribution in [0.4, 0.5) is 18.9 Å². The molecule has 3 rings (SSSR count). The van der Waals surface area contributed by atoms with Crippen LogP contribution >= 0.6 is 11.6 Å². The average molecular weight is 505 g/mol. The maximum atomic E-state index is 13.2. The van der Waals surface area contributed by atoms with E-state index < -0.39 is 51.5 Å². The molecule has 1 aliphatic heterocycles. The Balaban J connectivity index is 1.91. The van der Waals surface area contributed by atoms with Crippen molar-refractivity contribution in [2.24, 2.45) is 0 Å². The standard InChI is InChI=1S/C22H24ClF3N2O4S/c1-13-5-8-19-15(9-13)17(11-21(2,3)32-19)27-20(29)12-28(33(4,30)31)18-10-14(22(24,25)26)6-7-16(18)23/h5-10,17H,11-12H2,1-4H3,(H,27,29). The highest BCUT2D eigenvalue weighted by atomic mass is 35.5. The van der Waals surface area contributed by atoms with Crippen LogP contribution < -0.4 is 14.4 Å². The second-order valence-corrected chi connectivity index (χ2v) is 11.0.